The Balaban J connectivity index is 2.09. The average Bonchev–Trinajstić information content (AvgIpc) is 2.69. The summed E-state index contributed by atoms with van der Waals surface area (Å²) in [4.78, 5) is 4.45. The Morgan fingerprint density at radius 3 is 2.76 bits per heavy atom. The highest BCUT2D eigenvalue weighted by atomic mass is 19.1. The number of halogens is 1. The van der Waals surface area contributed by atoms with E-state index in [4.69, 9.17) is 5.73 Å². The molecule has 1 aromatic heterocycles. The molecule has 88 valence electrons. The van der Waals surface area contributed by atoms with Crippen molar-refractivity contribution >= 4 is 11.8 Å². The molecular formula is C12H13FN4. The maximum absolute atomic E-state index is 12.9. The quantitative estimate of drug-likeness (QED) is 0.791. The zero-order valence-corrected chi connectivity index (χ0v) is 9.28. The minimum atomic E-state index is -0.255. The molecule has 1 aromatic carbocycles. The van der Waals surface area contributed by atoms with E-state index in [9.17, 15) is 4.39 Å². The SMILES string of the molecule is Nc1c(-c2ccc(F)cc2)nc2n1CCCN2. The van der Waals surface area contributed by atoms with Crippen LogP contribution in [0.5, 0.6) is 0 Å². The van der Waals surface area contributed by atoms with E-state index in [0.717, 1.165) is 36.7 Å². The van der Waals surface area contributed by atoms with Crippen molar-refractivity contribution in [3.8, 4) is 11.3 Å². The average molecular weight is 232 g/mol. The van der Waals surface area contributed by atoms with E-state index < -0.39 is 0 Å². The van der Waals surface area contributed by atoms with Gasteiger partial charge in [-0.2, -0.15) is 0 Å². The lowest BCUT2D eigenvalue weighted by atomic mass is 10.1. The first kappa shape index (κ1) is 10.1. The van der Waals surface area contributed by atoms with Crippen LogP contribution in [-0.4, -0.2) is 16.1 Å². The van der Waals surface area contributed by atoms with Gasteiger partial charge in [-0.15, -0.1) is 0 Å². The van der Waals surface area contributed by atoms with Crippen molar-refractivity contribution in [3.05, 3.63) is 30.1 Å². The molecule has 17 heavy (non-hydrogen) atoms. The number of aromatic nitrogens is 2. The van der Waals surface area contributed by atoms with Crippen LogP contribution >= 0.6 is 0 Å². The maximum atomic E-state index is 12.9. The smallest absolute Gasteiger partial charge is 0.205 e. The first-order chi connectivity index (χ1) is 8.25. The fourth-order valence-electron chi connectivity index (χ4n) is 2.08. The van der Waals surface area contributed by atoms with Gasteiger partial charge < -0.3 is 11.1 Å². The third-order valence-corrected chi connectivity index (χ3v) is 2.97. The molecule has 0 saturated carbocycles. The summed E-state index contributed by atoms with van der Waals surface area (Å²) in [6.45, 7) is 1.79. The predicted octanol–water partition coefficient (Wildman–Crippen LogP) is 2.09. The third kappa shape index (κ3) is 1.63. The number of anilines is 2. The Labute approximate surface area is 98.3 Å². The van der Waals surface area contributed by atoms with Gasteiger partial charge in [-0.1, -0.05) is 0 Å². The molecule has 5 heteroatoms. The molecule has 0 aliphatic carbocycles. The van der Waals surface area contributed by atoms with E-state index in [1.54, 1.807) is 12.1 Å². The topological polar surface area (TPSA) is 55.9 Å². The highest BCUT2D eigenvalue weighted by molar-refractivity contribution is 5.73. The van der Waals surface area contributed by atoms with Crippen molar-refractivity contribution in [3.63, 3.8) is 0 Å². The number of nitrogen functional groups attached to an aromatic ring is 1. The summed E-state index contributed by atoms with van der Waals surface area (Å²) in [5.74, 6) is 1.18. The predicted molar refractivity (Wildman–Crippen MR) is 65.1 cm³/mol. The Morgan fingerprint density at radius 2 is 2.06 bits per heavy atom. The Kier molecular flexibility index (Phi) is 2.24. The summed E-state index contributed by atoms with van der Waals surface area (Å²) in [6, 6.07) is 6.22. The molecule has 0 saturated heterocycles. The zero-order valence-electron chi connectivity index (χ0n) is 9.28. The van der Waals surface area contributed by atoms with Crippen LogP contribution in [-0.2, 0) is 6.54 Å². The lowest BCUT2D eigenvalue weighted by Gasteiger charge is -2.15. The first-order valence-corrected chi connectivity index (χ1v) is 5.61. The number of nitrogens with zero attached hydrogens (tertiary/aromatic N) is 2. The molecule has 0 unspecified atom stereocenters. The van der Waals surface area contributed by atoms with Gasteiger partial charge in [-0.05, 0) is 30.7 Å². The van der Waals surface area contributed by atoms with Gasteiger partial charge in [0, 0.05) is 18.7 Å². The van der Waals surface area contributed by atoms with Gasteiger partial charge in [0.05, 0.1) is 0 Å². The van der Waals surface area contributed by atoms with E-state index in [1.807, 2.05) is 4.57 Å². The van der Waals surface area contributed by atoms with Crippen molar-refractivity contribution in [1.82, 2.24) is 9.55 Å². The summed E-state index contributed by atoms with van der Waals surface area (Å²) in [6.07, 6.45) is 1.04. The van der Waals surface area contributed by atoms with E-state index in [-0.39, 0.29) is 5.82 Å². The number of hydrogen-bond acceptors (Lipinski definition) is 3. The largest absolute Gasteiger partial charge is 0.383 e. The summed E-state index contributed by atoms with van der Waals surface area (Å²) in [7, 11) is 0. The number of fused-ring (bicyclic) bond motifs is 1. The fourth-order valence-corrected chi connectivity index (χ4v) is 2.08. The molecule has 2 aromatic rings. The molecule has 0 fully saturated rings. The van der Waals surface area contributed by atoms with Crippen molar-refractivity contribution in [2.45, 2.75) is 13.0 Å². The monoisotopic (exact) mass is 232 g/mol. The van der Waals surface area contributed by atoms with Gasteiger partial charge >= 0.3 is 0 Å². The Hall–Kier alpha value is -2.04. The van der Waals surface area contributed by atoms with Gasteiger partial charge in [0.15, 0.2) is 0 Å². The van der Waals surface area contributed by atoms with Crippen LogP contribution in [0.3, 0.4) is 0 Å². The number of benzene rings is 1. The number of nitrogens with one attached hydrogen (secondary N) is 1. The summed E-state index contributed by atoms with van der Waals surface area (Å²) >= 11 is 0. The molecule has 1 aliphatic heterocycles. The van der Waals surface area contributed by atoms with E-state index in [1.165, 1.54) is 12.1 Å². The molecule has 3 rings (SSSR count). The highest BCUT2D eigenvalue weighted by Gasteiger charge is 2.18. The molecule has 0 atom stereocenters. The van der Waals surface area contributed by atoms with Gasteiger partial charge in [-0.25, -0.2) is 9.37 Å². The fraction of sp³-hybridized carbons (Fsp3) is 0.250. The van der Waals surface area contributed by atoms with Crippen molar-refractivity contribution in [2.24, 2.45) is 0 Å². The van der Waals surface area contributed by atoms with E-state index in [0.29, 0.717) is 5.82 Å². The van der Waals surface area contributed by atoms with Gasteiger partial charge in [-0.3, -0.25) is 4.57 Å². The van der Waals surface area contributed by atoms with Crippen LogP contribution in [0.25, 0.3) is 11.3 Å². The maximum Gasteiger partial charge on any atom is 0.205 e. The Bertz CT molecular complexity index is 544. The molecule has 2 heterocycles. The minimum Gasteiger partial charge on any atom is -0.383 e. The van der Waals surface area contributed by atoms with Crippen LogP contribution in [0, 0.1) is 5.82 Å². The second kappa shape index (κ2) is 3.76. The molecule has 3 N–H and O–H groups in total. The van der Waals surface area contributed by atoms with E-state index in [2.05, 4.69) is 10.3 Å². The molecule has 1 aliphatic rings. The molecule has 0 spiro atoms. The lowest BCUT2D eigenvalue weighted by molar-refractivity contribution is 0.628. The minimum absolute atomic E-state index is 0.255. The molecular weight excluding hydrogens is 219 g/mol. The highest BCUT2D eigenvalue weighted by Crippen LogP contribution is 2.30. The Morgan fingerprint density at radius 1 is 1.29 bits per heavy atom. The lowest BCUT2D eigenvalue weighted by Crippen LogP contribution is -2.18. The summed E-state index contributed by atoms with van der Waals surface area (Å²) in [5.41, 5.74) is 7.62. The van der Waals surface area contributed by atoms with Crippen molar-refractivity contribution < 1.29 is 4.39 Å². The van der Waals surface area contributed by atoms with Crippen molar-refractivity contribution in [1.29, 1.82) is 0 Å². The zero-order chi connectivity index (χ0) is 11.8. The normalized spacial score (nSPS) is 14.2. The molecule has 0 amide bonds. The van der Waals surface area contributed by atoms with E-state index >= 15 is 0 Å². The van der Waals surface area contributed by atoms with Gasteiger partial charge in [0.1, 0.15) is 17.3 Å². The van der Waals surface area contributed by atoms with Crippen LogP contribution in [0.1, 0.15) is 6.42 Å². The van der Waals surface area contributed by atoms with Crippen LogP contribution in [0.15, 0.2) is 24.3 Å². The standard InChI is InChI=1S/C12H13FN4/c13-9-4-2-8(3-5-9)10-11(14)17-7-1-6-15-12(17)16-10/h2-5H,1,6-7,14H2,(H,15,16). The summed E-state index contributed by atoms with van der Waals surface area (Å²) in [5, 5.41) is 3.20. The second-order valence-corrected chi connectivity index (χ2v) is 4.11. The van der Waals surface area contributed by atoms with Crippen LogP contribution in [0.4, 0.5) is 16.2 Å². The first-order valence-electron chi connectivity index (χ1n) is 5.61. The molecule has 4 nitrogen and oxygen atoms in total. The number of imidazole rings is 1. The molecule has 0 radical (unpaired) electrons. The third-order valence-electron chi connectivity index (χ3n) is 2.97. The van der Waals surface area contributed by atoms with Crippen molar-refractivity contribution in [2.75, 3.05) is 17.6 Å². The van der Waals surface area contributed by atoms with Gasteiger partial charge in [0.25, 0.3) is 0 Å². The number of hydrogen-bond donors (Lipinski definition) is 2. The molecule has 0 bridgehead atoms. The number of rotatable bonds is 1. The van der Waals surface area contributed by atoms with Gasteiger partial charge in [0.2, 0.25) is 5.95 Å². The van der Waals surface area contributed by atoms with Crippen LogP contribution < -0.4 is 11.1 Å². The second-order valence-electron chi connectivity index (χ2n) is 4.11. The summed E-state index contributed by atoms with van der Waals surface area (Å²) < 4.78 is 14.8. The van der Waals surface area contributed by atoms with Crippen LogP contribution in [0.2, 0.25) is 0 Å². The number of nitrogens with two attached hydrogens (primary N) is 1.